The van der Waals surface area contributed by atoms with Gasteiger partial charge >= 0.3 is 0 Å². The van der Waals surface area contributed by atoms with Crippen LogP contribution >= 0.6 is 0 Å². The molecular weight excluding hydrogens is 382 g/mol. The maximum absolute atomic E-state index is 4.63. The van der Waals surface area contributed by atoms with Gasteiger partial charge in [0.2, 0.25) is 0 Å². The summed E-state index contributed by atoms with van der Waals surface area (Å²) in [6.45, 7) is 1.87. The Morgan fingerprint density at radius 3 is 2.06 bits per heavy atom. The van der Waals surface area contributed by atoms with Crippen LogP contribution in [0, 0.1) is 0 Å². The monoisotopic (exact) mass is 413 g/mol. The molecule has 0 unspecified atom stereocenters. The summed E-state index contributed by atoms with van der Waals surface area (Å²) in [4.78, 5) is 14.1. The summed E-state index contributed by atoms with van der Waals surface area (Å²) in [5.41, 5.74) is 3.89. The van der Waals surface area contributed by atoms with E-state index in [1.165, 1.54) is 18.4 Å². The van der Waals surface area contributed by atoms with Gasteiger partial charge in [0.25, 0.3) is 0 Å². The molecule has 1 aromatic heterocycles. The molecule has 1 saturated heterocycles. The third-order valence-corrected chi connectivity index (χ3v) is 7.38. The predicted molar refractivity (Wildman–Crippen MR) is 126 cm³/mol. The van der Waals surface area contributed by atoms with Crippen molar-refractivity contribution >= 4 is 5.69 Å². The second-order valence-electron chi connectivity index (χ2n) is 9.24. The van der Waals surface area contributed by atoms with Gasteiger partial charge in [-0.3, -0.25) is 10.2 Å². The van der Waals surface area contributed by atoms with Gasteiger partial charge in [-0.25, -0.2) is 9.97 Å². The lowest BCUT2D eigenvalue weighted by molar-refractivity contribution is 0.0646. The molecule has 5 rings (SSSR count). The van der Waals surface area contributed by atoms with Crippen LogP contribution in [0.3, 0.4) is 0 Å². The highest BCUT2D eigenvalue weighted by atomic mass is 15.3. The number of benzene rings is 2. The minimum Gasteiger partial charge on any atom is -0.354 e. The van der Waals surface area contributed by atoms with Gasteiger partial charge in [0.05, 0.1) is 24.7 Å². The molecule has 5 nitrogen and oxygen atoms in total. The Balaban J connectivity index is 1.29. The van der Waals surface area contributed by atoms with Crippen molar-refractivity contribution in [2.45, 2.75) is 36.8 Å². The van der Waals surface area contributed by atoms with Gasteiger partial charge in [0.1, 0.15) is 0 Å². The first-order valence-corrected chi connectivity index (χ1v) is 11.2. The van der Waals surface area contributed by atoms with Gasteiger partial charge in [-0.1, -0.05) is 60.7 Å². The van der Waals surface area contributed by atoms with Gasteiger partial charge in [-0.15, -0.1) is 0 Å². The standard InChI is InChI=1S/C26H31N5/c1-30(2)26(22-11-7-4-8-12-22)15-13-25(14-16-26)19-31(20-29-25)23-17-27-24(28-18-23)21-9-5-3-6-10-21/h3-12,17-18,29H,13-16,19-20H2,1-2H3. The highest BCUT2D eigenvalue weighted by molar-refractivity contribution is 5.56. The van der Waals surface area contributed by atoms with Crippen molar-refractivity contribution in [3.63, 3.8) is 0 Å². The van der Waals surface area contributed by atoms with E-state index in [9.17, 15) is 0 Å². The maximum Gasteiger partial charge on any atom is 0.159 e. The number of rotatable bonds is 4. The molecule has 2 heterocycles. The zero-order valence-electron chi connectivity index (χ0n) is 18.5. The van der Waals surface area contributed by atoms with Crippen LogP contribution in [-0.4, -0.2) is 47.7 Å². The van der Waals surface area contributed by atoms with Gasteiger partial charge in [-0.05, 0) is 45.3 Å². The molecular formula is C26H31N5. The molecule has 2 aliphatic rings. The average molecular weight is 414 g/mol. The second-order valence-corrected chi connectivity index (χ2v) is 9.24. The second kappa shape index (κ2) is 8.06. The van der Waals surface area contributed by atoms with Crippen molar-refractivity contribution in [2.24, 2.45) is 0 Å². The molecule has 1 saturated carbocycles. The molecule has 5 heteroatoms. The highest BCUT2D eigenvalue weighted by Gasteiger charge is 2.47. The first-order chi connectivity index (χ1) is 15.1. The fourth-order valence-corrected chi connectivity index (χ4v) is 5.36. The van der Waals surface area contributed by atoms with E-state index in [1.54, 1.807) is 0 Å². The molecule has 1 spiro atoms. The Bertz CT molecular complexity index is 993. The van der Waals surface area contributed by atoms with Crippen molar-refractivity contribution in [3.8, 4) is 11.4 Å². The summed E-state index contributed by atoms with van der Waals surface area (Å²) in [6, 6.07) is 21.2. The summed E-state index contributed by atoms with van der Waals surface area (Å²) in [6.07, 6.45) is 8.58. The van der Waals surface area contributed by atoms with Gasteiger partial charge in [-0.2, -0.15) is 0 Å². The van der Waals surface area contributed by atoms with Crippen molar-refractivity contribution in [1.29, 1.82) is 0 Å². The van der Waals surface area contributed by atoms with E-state index in [2.05, 4.69) is 69.5 Å². The number of aromatic nitrogens is 2. The van der Waals surface area contributed by atoms with Crippen LogP contribution in [-0.2, 0) is 5.54 Å². The van der Waals surface area contributed by atoms with E-state index >= 15 is 0 Å². The molecule has 0 amide bonds. The third-order valence-electron chi connectivity index (χ3n) is 7.38. The lowest BCUT2D eigenvalue weighted by Crippen LogP contribution is -2.53. The van der Waals surface area contributed by atoms with Crippen LogP contribution < -0.4 is 10.2 Å². The summed E-state index contributed by atoms with van der Waals surface area (Å²) >= 11 is 0. The van der Waals surface area contributed by atoms with Gasteiger partial charge in [0.15, 0.2) is 5.82 Å². The molecule has 1 N–H and O–H groups in total. The highest BCUT2D eigenvalue weighted by Crippen LogP contribution is 2.46. The molecule has 3 aromatic rings. The normalized spacial score (nSPS) is 26.0. The lowest BCUT2D eigenvalue weighted by atomic mass is 9.69. The molecule has 0 radical (unpaired) electrons. The van der Waals surface area contributed by atoms with Crippen LogP contribution in [0.25, 0.3) is 11.4 Å². The van der Waals surface area contributed by atoms with Crippen molar-refractivity contribution in [2.75, 3.05) is 32.2 Å². The Hall–Kier alpha value is -2.76. The molecule has 160 valence electrons. The average Bonchev–Trinajstić information content (AvgIpc) is 3.24. The van der Waals surface area contributed by atoms with Crippen molar-refractivity contribution < 1.29 is 0 Å². The van der Waals surface area contributed by atoms with E-state index in [4.69, 9.17) is 0 Å². The van der Waals surface area contributed by atoms with Crippen LogP contribution in [0.1, 0.15) is 31.2 Å². The fourth-order valence-electron chi connectivity index (χ4n) is 5.36. The first-order valence-electron chi connectivity index (χ1n) is 11.2. The SMILES string of the molecule is CN(C)C1(c2ccccc2)CCC2(CC1)CN(c1cnc(-c3ccccc3)nc1)CN2. The minimum atomic E-state index is 0.127. The summed E-state index contributed by atoms with van der Waals surface area (Å²) in [7, 11) is 4.45. The Kier molecular flexibility index (Phi) is 5.24. The zero-order valence-corrected chi connectivity index (χ0v) is 18.5. The van der Waals surface area contributed by atoms with E-state index in [0.29, 0.717) is 0 Å². The van der Waals surface area contributed by atoms with Gasteiger partial charge in [0, 0.05) is 23.2 Å². The molecule has 1 aliphatic carbocycles. The Labute approximate surface area is 185 Å². The number of hydrogen-bond donors (Lipinski definition) is 1. The third kappa shape index (κ3) is 3.73. The zero-order chi connectivity index (χ0) is 21.3. The topological polar surface area (TPSA) is 44.3 Å². The Morgan fingerprint density at radius 2 is 1.45 bits per heavy atom. The number of nitrogens with one attached hydrogen (secondary N) is 1. The van der Waals surface area contributed by atoms with Gasteiger partial charge < -0.3 is 4.90 Å². The quantitative estimate of drug-likeness (QED) is 0.692. The van der Waals surface area contributed by atoms with E-state index in [-0.39, 0.29) is 11.1 Å². The largest absolute Gasteiger partial charge is 0.354 e. The summed E-state index contributed by atoms with van der Waals surface area (Å²) in [5.74, 6) is 0.780. The Morgan fingerprint density at radius 1 is 0.839 bits per heavy atom. The number of hydrogen-bond acceptors (Lipinski definition) is 5. The minimum absolute atomic E-state index is 0.127. The molecule has 31 heavy (non-hydrogen) atoms. The lowest BCUT2D eigenvalue weighted by Gasteiger charge is -2.49. The van der Waals surface area contributed by atoms with E-state index in [1.807, 2.05) is 42.7 Å². The van der Waals surface area contributed by atoms with Crippen LogP contribution in [0.5, 0.6) is 0 Å². The van der Waals surface area contributed by atoms with Crippen LogP contribution in [0.15, 0.2) is 73.1 Å². The number of anilines is 1. The smallest absolute Gasteiger partial charge is 0.159 e. The molecule has 2 aromatic carbocycles. The summed E-state index contributed by atoms with van der Waals surface area (Å²) in [5, 5.41) is 3.85. The fraction of sp³-hybridized carbons (Fsp3) is 0.385. The molecule has 0 bridgehead atoms. The molecule has 2 fully saturated rings. The van der Waals surface area contributed by atoms with Crippen molar-refractivity contribution in [3.05, 3.63) is 78.6 Å². The number of nitrogens with zero attached hydrogens (tertiary/aromatic N) is 4. The van der Waals surface area contributed by atoms with Crippen LogP contribution in [0.4, 0.5) is 5.69 Å². The molecule has 0 atom stereocenters. The van der Waals surface area contributed by atoms with E-state index < -0.39 is 0 Å². The van der Waals surface area contributed by atoms with Crippen molar-refractivity contribution in [1.82, 2.24) is 20.2 Å². The van der Waals surface area contributed by atoms with Crippen LogP contribution in [0.2, 0.25) is 0 Å². The maximum atomic E-state index is 4.63. The predicted octanol–water partition coefficient (Wildman–Crippen LogP) is 4.28. The van der Waals surface area contributed by atoms with E-state index in [0.717, 1.165) is 43.1 Å². The summed E-state index contributed by atoms with van der Waals surface area (Å²) < 4.78 is 0. The molecule has 1 aliphatic heterocycles. The first kappa shape index (κ1) is 20.2.